The summed E-state index contributed by atoms with van der Waals surface area (Å²) < 4.78 is 30.4. The second-order valence-electron chi connectivity index (χ2n) is 5.62. The average Bonchev–Trinajstić information content (AvgIpc) is 2.72. The minimum absolute atomic E-state index is 0.109. The molecule has 0 saturated carbocycles. The van der Waals surface area contributed by atoms with E-state index in [9.17, 15) is 13.2 Å². The van der Waals surface area contributed by atoms with Crippen molar-refractivity contribution >= 4 is 21.8 Å². The van der Waals surface area contributed by atoms with Gasteiger partial charge in [-0.3, -0.25) is 4.90 Å². The molecule has 1 aromatic rings. The van der Waals surface area contributed by atoms with Crippen LogP contribution in [-0.4, -0.2) is 44.3 Å². The summed E-state index contributed by atoms with van der Waals surface area (Å²) in [5, 5.41) is 0. The van der Waals surface area contributed by atoms with Crippen LogP contribution in [0.25, 0.3) is 0 Å². The van der Waals surface area contributed by atoms with Crippen molar-refractivity contribution in [1.29, 1.82) is 0 Å². The first-order valence-corrected chi connectivity index (χ1v) is 8.72. The van der Waals surface area contributed by atoms with Gasteiger partial charge < -0.3 is 4.74 Å². The third kappa shape index (κ3) is 2.63. The molecule has 2 aliphatic heterocycles. The van der Waals surface area contributed by atoms with Crippen LogP contribution in [0.4, 0.5) is 10.5 Å². The Balaban J connectivity index is 2.10. The molecule has 0 N–H and O–H groups in total. The van der Waals surface area contributed by atoms with Gasteiger partial charge in [0.2, 0.25) is 10.0 Å². The predicted molar refractivity (Wildman–Crippen MR) is 78.7 cm³/mol. The van der Waals surface area contributed by atoms with Gasteiger partial charge in [0, 0.05) is 13.1 Å². The smallest absolute Gasteiger partial charge is 0.414 e. The number of nitrogens with zero attached hydrogens (tertiary/aromatic N) is 2. The largest absolute Gasteiger partial charge is 0.447 e. The van der Waals surface area contributed by atoms with E-state index in [-0.39, 0.29) is 18.7 Å². The molecule has 0 spiro atoms. The molecule has 1 saturated heterocycles. The summed E-state index contributed by atoms with van der Waals surface area (Å²) in [7, 11) is -3.27. The molecule has 2 aliphatic rings. The lowest BCUT2D eigenvalue weighted by molar-refractivity contribution is 0.178. The second-order valence-corrected chi connectivity index (χ2v) is 7.60. The lowest BCUT2D eigenvalue weighted by atomic mass is 10.0. The van der Waals surface area contributed by atoms with Crippen LogP contribution in [0.1, 0.15) is 17.5 Å². The van der Waals surface area contributed by atoms with E-state index >= 15 is 0 Å². The fraction of sp³-hybridized carbons (Fsp3) is 0.500. The Labute approximate surface area is 124 Å². The maximum atomic E-state index is 12.0. The van der Waals surface area contributed by atoms with Gasteiger partial charge in [0.05, 0.1) is 18.0 Å². The van der Waals surface area contributed by atoms with Gasteiger partial charge in [-0.25, -0.2) is 13.2 Å². The van der Waals surface area contributed by atoms with Crippen molar-refractivity contribution in [2.75, 3.05) is 24.3 Å². The Morgan fingerprint density at radius 2 is 2.10 bits per heavy atom. The molecule has 1 fully saturated rings. The molecule has 0 bridgehead atoms. The Hall–Kier alpha value is -1.60. The number of carbonyl (C=O) groups excluding carboxylic acids is 1. The van der Waals surface area contributed by atoms with Crippen molar-refractivity contribution in [2.45, 2.75) is 25.9 Å². The Kier molecular flexibility index (Phi) is 3.41. The molecular weight excluding hydrogens is 292 g/mol. The topological polar surface area (TPSA) is 66.9 Å². The highest BCUT2D eigenvalue weighted by molar-refractivity contribution is 7.88. The monoisotopic (exact) mass is 310 g/mol. The van der Waals surface area contributed by atoms with Gasteiger partial charge in [-0.05, 0) is 30.5 Å². The summed E-state index contributed by atoms with van der Waals surface area (Å²) in [5.41, 5.74) is 2.61. The van der Waals surface area contributed by atoms with Crippen LogP contribution in [0.3, 0.4) is 0 Å². The van der Waals surface area contributed by atoms with E-state index < -0.39 is 10.0 Å². The summed E-state index contributed by atoms with van der Waals surface area (Å²) >= 11 is 0. The molecule has 1 unspecified atom stereocenters. The quantitative estimate of drug-likeness (QED) is 0.788. The minimum atomic E-state index is -3.27. The highest BCUT2D eigenvalue weighted by Crippen LogP contribution is 2.32. The number of carbonyl (C=O) groups is 1. The summed E-state index contributed by atoms with van der Waals surface area (Å²) in [4.78, 5) is 13.7. The number of sulfonamides is 1. The maximum absolute atomic E-state index is 12.0. The zero-order chi connectivity index (χ0) is 15.2. The summed E-state index contributed by atoms with van der Waals surface area (Å²) in [6.07, 6.45) is 1.45. The molecule has 21 heavy (non-hydrogen) atoms. The Morgan fingerprint density at radius 1 is 1.33 bits per heavy atom. The third-order valence-corrected chi connectivity index (χ3v) is 5.24. The lowest BCUT2D eigenvalue weighted by Gasteiger charge is -2.31. The third-order valence-electron chi connectivity index (χ3n) is 3.99. The van der Waals surface area contributed by atoms with Crippen molar-refractivity contribution in [2.24, 2.45) is 0 Å². The molecule has 0 aliphatic carbocycles. The van der Waals surface area contributed by atoms with Gasteiger partial charge in [0.1, 0.15) is 6.61 Å². The van der Waals surface area contributed by atoms with Crippen molar-refractivity contribution in [3.8, 4) is 0 Å². The van der Waals surface area contributed by atoms with Crippen LogP contribution in [0.5, 0.6) is 0 Å². The van der Waals surface area contributed by atoms with E-state index in [1.165, 1.54) is 10.6 Å². The SMILES string of the molecule is Cc1ccc2c(c1)N1C(=O)OCC1CCN(S(C)(=O)=O)C2. The molecule has 1 atom stereocenters. The lowest BCUT2D eigenvalue weighted by Crippen LogP contribution is -2.41. The maximum Gasteiger partial charge on any atom is 0.414 e. The predicted octanol–water partition coefficient (Wildman–Crippen LogP) is 1.49. The number of benzene rings is 1. The van der Waals surface area contributed by atoms with Crippen molar-refractivity contribution in [3.05, 3.63) is 29.3 Å². The van der Waals surface area contributed by atoms with Gasteiger partial charge in [0.25, 0.3) is 0 Å². The van der Waals surface area contributed by atoms with Gasteiger partial charge in [0.15, 0.2) is 0 Å². The van der Waals surface area contributed by atoms with Gasteiger partial charge in [-0.1, -0.05) is 12.1 Å². The van der Waals surface area contributed by atoms with Crippen LogP contribution in [-0.2, 0) is 21.3 Å². The van der Waals surface area contributed by atoms with Gasteiger partial charge >= 0.3 is 6.09 Å². The van der Waals surface area contributed by atoms with Crippen LogP contribution in [0.15, 0.2) is 18.2 Å². The number of fused-ring (bicyclic) bond motifs is 3. The van der Waals surface area contributed by atoms with Crippen LogP contribution in [0, 0.1) is 6.92 Å². The minimum Gasteiger partial charge on any atom is -0.447 e. The molecule has 6 nitrogen and oxygen atoms in total. The van der Waals surface area contributed by atoms with E-state index in [1.807, 2.05) is 25.1 Å². The van der Waals surface area contributed by atoms with Crippen molar-refractivity contribution in [1.82, 2.24) is 4.31 Å². The normalized spacial score (nSPS) is 23.0. The number of ether oxygens (including phenoxy) is 1. The van der Waals surface area contributed by atoms with E-state index in [2.05, 4.69) is 0 Å². The summed E-state index contributed by atoms with van der Waals surface area (Å²) in [5.74, 6) is 0. The van der Waals surface area contributed by atoms with E-state index in [4.69, 9.17) is 4.74 Å². The molecule has 3 rings (SSSR count). The molecule has 0 aromatic heterocycles. The first-order chi connectivity index (χ1) is 9.86. The number of hydrogen-bond acceptors (Lipinski definition) is 4. The Morgan fingerprint density at radius 3 is 2.81 bits per heavy atom. The number of rotatable bonds is 1. The number of hydrogen-bond donors (Lipinski definition) is 0. The standard InChI is InChI=1S/C14H18N2O4S/c1-10-3-4-11-8-15(21(2,18)19)6-5-12-9-20-14(17)16(12)13(11)7-10/h3-4,7,12H,5-6,8-9H2,1-2H3. The van der Waals surface area contributed by atoms with Crippen LogP contribution >= 0.6 is 0 Å². The Bertz CT molecular complexity index is 686. The number of aryl methyl sites for hydroxylation is 1. The first kappa shape index (κ1) is 14.3. The molecule has 114 valence electrons. The van der Waals surface area contributed by atoms with Crippen LogP contribution in [0.2, 0.25) is 0 Å². The van der Waals surface area contributed by atoms with Crippen LogP contribution < -0.4 is 4.90 Å². The summed E-state index contributed by atoms with van der Waals surface area (Å²) in [6, 6.07) is 5.62. The first-order valence-electron chi connectivity index (χ1n) is 6.87. The van der Waals surface area contributed by atoms with E-state index in [0.717, 1.165) is 16.8 Å². The molecular formula is C14H18N2O4S. The summed E-state index contributed by atoms with van der Waals surface area (Å²) in [6.45, 7) is 2.93. The zero-order valence-corrected chi connectivity index (χ0v) is 12.9. The molecule has 1 amide bonds. The average molecular weight is 310 g/mol. The van der Waals surface area contributed by atoms with Gasteiger partial charge in [-0.2, -0.15) is 4.31 Å². The molecule has 2 heterocycles. The number of cyclic esters (lactones) is 1. The molecule has 0 radical (unpaired) electrons. The van der Waals surface area contributed by atoms with Crippen molar-refractivity contribution < 1.29 is 17.9 Å². The molecule has 7 heteroatoms. The van der Waals surface area contributed by atoms with Crippen molar-refractivity contribution in [3.63, 3.8) is 0 Å². The fourth-order valence-electron chi connectivity index (χ4n) is 2.85. The second kappa shape index (κ2) is 4.99. The highest BCUT2D eigenvalue weighted by Gasteiger charge is 2.38. The van der Waals surface area contributed by atoms with E-state index in [1.54, 1.807) is 4.90 Å². The zero-order valence-electron chi connectivity index (χ0n) is 12.1. The van der Waals surface area contributed by atoms with Gasteiger partial charge in [-0.15, -0.1) is 0 Å². The molecule has 1 aromatic carbocycles. The number of anilines is 1. The highest BCUT2D eigenvalue weighted by atomic mass is 32.2. The number of amides is 1. The van der Waals surface area contributed by atoms with E-state index in [0.29, 0.717) is 19.6 Å². The fourth-order valence-corrected chi connectivity index (χ4v) is 3.66.